The van der Waals surface area contributed by atoms with Gasteiger partial charge in [0.15, 0.2) is 5.78 Å². The van der Waals surface area contributed by atoms with Gasteiger partial charge in [-0.3, -0.25) is 4.79 Å². The molecule has 0 radical (unpaired) electrons. The van der Waals surface area contributed by atoms with Crippen molar-refractivity contribution in [3.8, 4) is 0 Å². The molecule has 0 amide bonds. The lowest BCUT2D eigenvalue weighted by atomic mass is 9.80. The second-order valence-corrected chi connectivity index (χ2v) is 6.09. The Morgan fingerprint density at radius 3 is 2.05 bits per heavy atom. The third-order valence-electron chi connectivity index (χ3n) is 3.78. The molecular weight excluding hydrogens is 256 g/mol. The largest absolute Gasteiger partial charge is 0.295 e. The molecule has 1 heteroatoms. The molecule has 0 aliphatic rings. The number of benzene rings is 2. The molecule has 2 aromatic rings. The van der Waals surface area contributed by atoms with Crippen LogP contribution >= 0.6 is 0 Å². The smallest absolute Gasteiger partial charge is 0.156 e. The average Bonchev–Trinajstić information content (AvgIpc) is 2.48. The fourth-order valence-corrected chi connectivity index (χ4v) is 2.50. The van der Waals surface area contributed by atoms with Crippen molar-refractivity contribution in [3.05, 3.63) is 77.9 Å². The minimum absolute atomic E-state index is 0.147. The average molecular weight is 278 g/mol. The Kier molecular flexibility index (Phi) is 4.74. The Balaban J connectivity index is 2.11. The lowest BCUT2D eigenvalue weighted by Crippen LogP contribution is -2.21. The van der Waals surface area contributed by atoms with Crippen molar-refractivity contribution < 1.29 is 4.79 Å². The highest BCUT2D eigenvalue weighted by molar-refractivity contribution is 5.97. The molecule has 0 unspecified atom stereocenters. The maximum atomic E-state index is 12.3. The summed E-state index contributed by atoms with van der Waals surface area (Å²) in [5.41, 5.74) is 3.17. The quantitative estimate of drug-likeness (QED) is 0.701. The van der Waals surface area contributed by atoms with Gasteiger partial charge >= 0.3 is 0 Å². The molecule has 1 nitrogen and oxygen atoms in total. The van der Waals surface area contributed by atoms with Crippen molar-refractivity contribution in [2.24, 2.45) is 0 Å². The lowest BCUT2D eigenvalue weighted by Gasteiger charge is -2.24. The van der Waals surface area contributed by atoms with Crippen LogP contribution in [0.1, 0.15) is 38.3 Å². The molecule has 0 aromatic heterocycles. The first-order valence-electron chi connectivity index (χ1n) is 7.31. The minimum Gasteiger partial charge on any atom is -0.295 e. The molecule has 0 aliphatic carbocycles. The zero-order valence-corrected chi connectivity index (χ0v) is 13.0. The molecule has 0 saturated heterocycles. The van der Waals surface area contributed by atoms with Gasteiger partial charge in [0.05, 0.1) is 0 Å². The molecule has 0 fully saturated rings. The summed E-state index contributed by atoms with van der Waals surface area (Å²) in [4.78, 5) is 12.3. The predicted molar refractivity (Wildman–Crippen MR) is 89.2 cm³/mol. The molecule has 0 atom stereocenters. The van der Waals surface area contributed by atoms with Gasteiger partial charge < -0.3 is 0 Å². The Labute approximate surface area is 127 Å². The van der Waals surface area contributed by atoms with Crippen molar-refractivity contribution in [2.45, 2.75) is 32.6 Å². The van der Waals surface area contributed by atoms with E-state index in [0.29, 0.717) is 6.42 Å². The molecule has 0 saturated carbocycles. The Hall–Kier alpha value is -2.15. The highest BCUT2D eigenvalue weighted by Crippen LogP contribution is 2.27. The SMILES string of the molecule is CC(=CC(=O)CC(C)(C)c1ccccc1)c1ccccc1. The van der Waals surface area contributed by atoms with Gasteiger partial charge in [0.25, 0.3) is 0 Å². The lowest BCUT2D eigenvalue weighted by molar-refractivity contribution is -0.115. The van der Waals surface area contributed by atoms with Gasteiger partial charge in [-0.05, 0) is 35.1 Å². The van der Waals surface area contributed by atoms with Crippen LogP contribution in [0.2, 0.25) is 0 Å². The van der Waals surface area contributed by atoms with E-state index < -0.39 is 0 Å². The molecule has 0 spiro atoms. The highest BCUT2D eigenvalue weighted by Gasteiger charge is 2.23. The van der Waals surface area contributed by atoms with Crippen molar-refractivity contribution >= 4 is 11.4 Å². The number of carbonyl (C=O) groups excluding carboxylic acids is 1. The topological polar surface area (TPSA) is 17.1 Å². The normalized spacial score (nSPS) is 12.2. The van der Waals surface area contributed by atoms with E-state index in [2.05, 4.69) is 26.0 Å². The first kappa shape index (κ1) is 15.2. The zero-order chi connectivity index (χ0) is 15.3. The summed E-state index contributed by atoms with van der Waals surface area (Å²) in [6.07, 6.45) is 2.28. The van der Waals surface area contributed by atoms with Crippen molar-refractivity contribution in [2.75, 3.05) is 0 Å². The Bertz CT molecular complexity index is 621. The third kappa shape index (κ3) is 4.16. The van der Waals surface area contributed by atoms with Gasteiger partial charge in [0.2, 0.25) is 0 Å². The number of carbonyl (C=O) groups is 1. The van der Waals surface area contributed by atoms with E-state index in [4.69, 9.17) is 0 Å². The van der Waals surface area contributed by atoms with E-state index in [1.54, 1.807) is 6.08 Å². The zero-order valence-electron chi connectivity index (χ0n) is 13.0. The van der Waals surface area contributed by atoms with Gasteiger partial charge in [0, 0.05) is 6.42 Å². The number of rotatable bonds is 5. The summed E-state index contributed by atoms with van der Waals surface area (Å²) in [7, 11) is 0. The van der Waals surface area contributed by atoms with E-state index in [-0.39, 0.29) is 11.2 Å². The van der Waals surface area contributed by atoms with Gasteiger partial charge in [-0.15, -0.1) is 0 Å². The fraction of sp³-hybridized carbons (Fsp3) is 0.250. The number of hydrogen-bond donors (Lipinski definition) is 0. The van der Waals surface area contributed by atoms with E-state index in [9.17, 15) is 4.79 Å². The van der Waals surface area contributed by atoms with Crippen LogP contribution in [0, 0.1) is 0 Å². The van der Waals surface area contributed by atoms with Crippen LogP contribution < -0.4 is 0 Å². The molecular formula is C20H22O. The summed E-state index contributed by atoms with van der Waals surface area (Å²) in [5, 5.41) is 0. The van der Waals surface area contributed by atoms with Crippen molar-refractivity contribution in [3.63, 3.8) is 0 Å². The fourth-order valence-electron chi connectivity index (χ4n) is 2.50. The first-order chi connectivity index (χ1) is 9.99. The highest BCUT2D eigenvalue weighted by atomic mass is 16.1. The van der Waals surface area contributed by atoms with Gasteiger partial charge in [-0.25, -0.2) is 0 Å². The summed E-state index contributed by atoms with van der Waals surface area (Å²) >= 11 is 0. The summed E-state index contributed by atoms with van der Waals surface area (Å²) in [5.74, 6) is 0.171. The van der Waals surface area contributed by atoms with Gasteiger partial charge in [-0.2, -0.15) is 0 Å². The number of hydrogen-bond acceptors (Lipinski definition) is 1. The standard InChI is InChI=1S/C20H22O/c1-16(17-10-6-4-7-11-17)14-19(21)15-20(2,3)18-12-8-5-9-13-18/h4-14H,15H2,1-3H3. The third-order valence-corrected chi connectivity index (χ3v) is 3.78. The van der Waals surface area contributed by atoms with Crippen LogP contribution in [0.4, 0.5) is 0 Å². The summed E-state index contributed by atoms with van der Waals surface area (Å²) in [6.45, 7) is 6.22. The summed E-state index contributed by atoms with van der Waals surface area (Å²) < 4.78 is 0. The Morgan fingerprint density at radius 2 is 1.48 bits per heavy atom. The second-order valence-electron chi connectivity index (χ2n) is 6.09. The molecule has 2 aromatic carbocycles. The van der Waals surface area contributed by atoms with Crippen LogP contribution in [-0.2, 0) is 10.2 Å². The number of allylic oxidation sites excluding steroid dienone is 2. The Morgan fingerprint density at radius 1 is 0.952 bits per heavy atom. The first-order valence-corrected chi connectivity index (χ1v) is 7.31. The van der Waals surface area contributed by atoms with Gasteiger partial charge in [0.1, 0.15) is 0 Å². The van der Waals surface area contributed by atoms with E-state index in [0.717, 1.165) is 11.1 Å². The van der Waals surface area contributed by atoms with E-state index in [1.165, 1.54) is 5.56 Å². The maximum Gasteiger partial charge on any atom is 0.156 e. The minimum atomic E-state index is -0.147. The molecule has 0 heterocycles. The molecule has 108 valence electrons. The van der Waals surface area contributed by atoms with Crippen molar-refractivity contribution in [1.82, 2.24) is 0 Å². The predicted octanol–water partition coefficient (Wildman–Crippen LogP) is 5.03. The van der Waals surface area contributed by atoms with Crippen LogP contribution in [0.25, 0.3) is 5.57 Å². The molecule has 0 bridgehead atoms. The van der Waals surface area contributed by atoms with Gasteiger partial charge in [-0.1, -0.05) is 74.5 Å². The number of ketones is 1. The van der Waals surface area contributed by atoms with Crippen LogP contribution in [0.5, 0.6) is 0 Å². The molecule has 0 N–H and O–H groups in total. The van der Waals surface area contributed by atoms with Crippen LogP contribution in [0.15, 0.2) is 66.7 Å². The van der Waals surface area contributed by atoms with E-state index in [1.807, 2.05) is 55.5 Å². The van der Waals surface area contributed by atoms with Crippen LogP contribution in [-0.4, -0.2) is 5.78 Å². The summed E-state index contributed by atoms with van der Waals surface area (Å²) in [6, 6.07) is 20.2. The second kappa shape index (κ2) is 6.53. The molecule has 21 heavy (non-hydrogen) atoms. The molecule has 0 aliphatic heterocycles. The molecule has 2 rings (SSSR count). The van der Waals surface area contributed by atoms with Crippen molar-refractivity contribution in [1.29, 1.82) is 0 Å². The van der Waals surface area contributed by atoms with E-state index >= 15 is 0 Å². The monoisotopic (exact) mass is 278 g/mol. The maximum absolute atomic E-state index is 12.3. The van der Waals surface area contributed by atoms with Crippen LogP contribution in [0.3, 0.4) is 0 Å².